The molecule has 1 fully saturated rings. The van der Waals surface area contributed by atoms with Crippen molar-refractivity contribution in [2.24, 2.45) is 0 Å². The summed E-state index contributed by atoms with van der Waals surface area (Å²) in [7, 11) is -3.55. The number of thioether (sulfide) groups is 1. The molecule has 21 heavy (non-hydrogen) atoms. The van der Waals surface area contributed by atoms with Crippen LogP contribution >= 0.6 is 23.4 Å². The zero-order chi connectivity index (χ0) is 15.3. The molecule has 2 N–H and O–H groups in total. The van der Waals surface area contributed by atoms with Gasteiger partial charge in [-0.25, -0.2) is 18.1 Å². The van der Waals surface area contributed by atoms with E-state index in [1.54, 1.807) is 0 Å². The first-order valence-electron chi connectivity index (χ1n) is 7.02. The smallest absolute Gasteiger partial charge is 0.242 e. The highest BCUT2D eigenvalue weighted by atomic mass is 35.5. The number of rotatable bonds is 6. The second-order valence-corrected chi connectivity index (χ2v) is 8.28. The number of nitrogens with one attached hydrogen (secondary N) is 2. The second-order valence-electron chi connectivity index (χ2n) is 4.94. The van der Waals surface area contributed by atoms with Crippen LogP contribution < -0.4 is 10.0 Å². The lowest BCUT2D eigenvalue weighted by atomic mass is 10.2. The molecular formula is C13H20ClN3O2S2. The van der Waals surface area contributed by atoms with Crippen LogP contribution in [0.1, 0.15) is 26.2 Å². The van der Waals surface area contributed by atoms with Gasteiger partial charge in [0.1, 0.15) is 10.7 Å². The van der Waals surface area contributed by atoms with E-state index < -0.39 is 10.0 Å². The minimum absolute atomic E-state index is 0.00733. The minimum atomic E-state index is -3.55. The van der Waals surface area contributed by atoms with Gasteiger partial charge in [-0.3, -0.25) is 0 Å². The lowest BCUT2D eigenvalue weighted by Crippen LogP contribution is -2.37. The molecule has 1 aliphatic heterocycles. The standard InChI is InChI=1S/C13H20ClN3O2S2/c1-2-5-15-13-12(14)8-11(9-16-13)21(18,19)17-10-3-6-20-7-4-10/h8-10,17H,2-7H2,1H3,(H,15,16). The van der Waals surface area contributed by atoms with Crippen LogP contribution in [0.15, 0.2) is 17.2 Å². The number of nitrogens with zero attached hydrogens (tertiary/aromatic N) is 1. The lowest BCUT2D eigenvalue weighted by Gasteiger charge is -2.22. The van der Waals surface area contributed by atoms with Crippen molar-refractivity contribution in [2.45, 2.75) is 37.1 Å². The van der Waals surface area contributed by atoms with Gasteiger partial charge in [0.2, 0.25) is 10.0 Å². The van der Waals surface area contributed by atoms with Gasteiger partial charge >= 0.3 is 0 Å². The maximum Gasteiger partial charge on any atom is 0.242 e. The highest BCUT2D eigenvalue weighted by Gasteiger charge is 2.23. The molecule has 0 saturated carbocycles. The van der Waals surface area contributed by atoms with Crippen LogP contribution in [0.25, 0.3) is 0 Å². The van der Waals surface area contributed by atoms with Crippen LogP contribution in [0.3, 0.4) is 0 Å². The lowest BCUT2D eigenvalue weighted by molar-refractivity contribution is 0.528. The molecule has 2 rings (SSSR count). The maximum absolute atomic E-state index is 12.3. The Morgan fingerprint density at radius 2 is 2.14 bits per heavy atom. The van der Waals surface area contributed by atoms with E-state index in [4.69, 9.17) is 11.6 Å². The van der Waals surface area contributed by atoms with Crippen molar-refractivity contribution < 1.29 is 8.42 Å². The summed E-state index contributed by atoms with van der Waals surface area (Å²) in [6, 6.07) is 1.46. The number of halogens is 1. The highest BCUT2D eigenvalue weighted by molar-refractivity contribution is 7.99. The molecule has 0 unspecified atom stereocenters. The summed E-state index contributed by atoms with van der Waals surface area (Å²) in [5.41, 5.74) is 0. The minimum Gasteiger partial charge on any atom is -0.369 e. The summed E-state index contributed by atoms with van der Waals surface area (Å²) >= 11 is 7.95. The van der Waals surface area contributed by atoms with Crippen LogP contribution in [0.5, 0.6) is 0 Å². The molecule has 1 aromatic heterocycles. The molecule has 0 aliphatic carbocycles. The van der Waals surface area contributed by atoms with E-state index in [2.05, 4.69) is 15.0 Å². The Bertz CT molecular complexity index is 575. The number of aromatic nitrogens is 1. The van der Waals surface area contributed by atoms with Gasteiger partial charge < -0.3 is 5.32 Å². The Hall–Kier alpha value is -0.500. The molecule has 1 aromatic rings. The van der Waals surface area contributed by atoms with E-state index in [-0.39, 0.29) is 10.9 Å². The zero-order valence-electron chi connectivity index (χ0n) is 11.9. The first-order chi connectivity index (χ1) is 10.0. The molecule has 0 atom stereocenters. The third-order valence-electron chi connectivity index (χ3n) is 3.21. The Morgan fingerprint density at radius 1 is 1.43 bits per heavy atom. The average molecular weight is 350 g/mol. The zero-order valence-corrected chi connectivity index (χ0v) is 14.3. The van der Waals surface area contributed by atoms with Crippen molar-refractivity contribution >= 4 is 39.2 Å². The molecule has 1 aliphatic rings. The summed E-state index contributed by atoms with van der Waals surface area (Å²) in [5.74, 6) is 2.50. The monoisotopic (exact) mass is 349 g/mol. The average Bonchev–Trinajstić information content (AvgIpc) is 2.46. The van der Waals surface area contributed by atoms with Crippen LogP contribution in [0.2, 0.25) is 5.02 Å². The first kappa shape index (κ1) is 16.9. The van der Waals surface area contributed by atoms with Crippen molar-refractivity contribution in [3.05, 3.63) is 17.3 Å². The van der Waals surface area contributed by atoms with Gasteiger partial charge in [0, 0.05) is 18.8 Å². The molecule has 8 heteroatoms. The summed E-state index contributed by atoms with van der Waals surface area (Å²) < 4.78 is 27.4. The number of sulfonamides is 1. The van der Waals surface area contributed by atoms with Crippen LogP contribution in [-0.2, 0) is 10.0 Å². The van der Waals surface area contributed by atoms with Gasteiger partial charge in [-0.1, -0.05) is 18.5 Å². The number of hydrogen-bond acceptors (Lipinski definition) is 5. The SMILES string of the molecule is CCCNc1ncc(S(=O)(=O)NC2CCSCC2)cc1Cl. The van der Waals surface area contributed by atoms with Gasteiger partial charge in [-0.05, 0) is 36.8 Å². The second kappa shape index (κ2) is 7.67. The van der Waals surface area contributed by atoms with E-state index in [0.717, 1.165) is 37.3 Å². The summed E-state index contributed by atoms with van der Waals surface area (Å²) in [6.45, 7) is 2.78. The third kappa shape index (κ3) is 4.74. The number of anilines is 1. The molecule has 0 spiro atoms. The molecule has 1 saturated heterocycles. The maximum atomic E-state index is 12.3. The Kier molecular flexibility index (Phi) is 6.16. The van der Waals surface area contributed by atoms with Gasteiger partial charge in [-0.2, -0.15) is 11.8 Å². The van der Waals surface area contributed by atoms with Gasteiger partial charge in [0.15, 0.2) is 0 Å². The fourth-order valence-electron chi connectivity index (χ4n) is 2.04. The Balaban J connectivity index is 2.10. The molecule has 5 nitrogen and oxygen atoms in total. The predicted octanol–water partition coefficient (Wildman–Crippen LogP) is 2.73. The fourth-order valence-corrected chi connectivity index (χ4v) is 4.72. The van der Waals surface area contributed by atoms with Crippen LogP contribution in [0, 0.1) is 0 Å². The normalized spacial score (nSPS) is 16.9. The summed E-state index contributed by atoms with van der Waals surface area (Å²) in [4.78, 5) is 4.23. The molecule has 0 amide bonds. The first-order valence-corrected chi connectivity index (χ1v) is 10.0. The van der Waals surface area contributed by atoms with E-state index in [9.17, 15) is 8.42 Å². The molecule has 0 radical (unpaired) electrons. The van der Waals surface area contributed by atoms with E-state index in [1.165, 1.54) is 12.3 Å². The van der Waals surface area contributed by atoms with Crippen molar-refractivity contribution in [2.75, 3.05) is 23.4 Å². The van der Waals surface area contributed by atoms with Gasteiger partial charge in [0.25, 0.3) is 0 Å². The van der Waals surface area contributed by atoms with Crippen molar-refractivity contribution in [1.82, 2.24) is 9.71 Å². The summed E-state index contributed by atoms with van der Waals surface area (Å²) in [5, 5.41) is 3.39. The third-order valence-corrected chi connectivity index (χ3v) is 6.04. The van der Waals surface area contributed by atoms with Crippen molar-refractivity contribution in [3.8, 4) is 0 Å². The predicted molar refractivity (Wildman–Crippen MR) is 88.7 cm³/mol. The van der Waals surface area contributed by atoms with E-state index in [1.807, 2.05) is 18.7 Å². The Labute approximate surface area is 135 Å². The quantitative estimate of drug-likeness (QED) is 0.826. The van der Waals surface area contributed by atoms with E-state index >= 15 is 0 Å². The molecular weight excluding hydrogens is 330 g/mol. The van der Waals surface area contributed by atoms with E-state index in [0.29, 0.717) is 10.8 Å². The number of hydrogen-bond donors (Lipinski definition) is 2. The summed E-state index contributed by atoms with van der Waals surface area (Å²) in [6.07, 6.45) is 4.02. The van der Waals surface area contributed by atoms with Crippen LogP contribution in [-0.4, -0.2) is 37.5 Å². The largest absolute Gasteiger partial charge is 0.369 e. The Morgan fingerprint density at radius 3 is 2.76 bits per heavy atom. The highest BCUT2D eigenvalue weighted by Crippen LogP contribution is 2.24. The van der Waals surface area contributed by atoms with Crippen molar-refractivity contribution in [1.29, 1.82) is 0 Å². The topological polar surface area (TPSA) is 71.1 Å². The molecule has 118 valence electrons. The van der Waals surface area contributed by atoms with Crippen LogP contribution in [0.4, 0.5) is 5.82 Å². The van der Waals surface area contributed by atoms with Gasteiger partial charge in [-0.15, -0.1) is 0 Å². The fraction of sp³-hybridized carbons (Fsp3) is 0.615. The van der Waals surface area contributed by atoms with Crippen molar-refractivity contribution in [3.63, 3.8) is 0 Å². The van der Waals surface area contributed by atoms with Gasteiger partial charge in [0.05, 0.1) is 5.02 Å². The molecule has 0 bridgehead atoms. The molecule has 2 heterocycles. The number of pyridine rings is 1. The molecule has 0 aromatic carbocycles.